The van der Waals surface area contributed by atoms with Crippen LogP contribution < -0.4 is 24.3 Å². The zero-order chi connectivity index (χ0) is 20.0. The first kappa shape index (κ1) is 17.4. The second-order valence-corrected chi connectivity index (χ2v) is 6.54. The predicted molar refractivity (Wildman–Crippen MR) is 106 cm³/mol. The van der Waals surface area contributed by atoms with E-state index in [2.05, 4.69) is 15.4 Å². The molecule has 0 saturated carbocycles. The van der Waals surface area contributed by atoms with Gasteiger partial charge in [0.05, 0.1) is 25.1 Å². The van der Waals surface area contributed by atoms with Gasteiger partial charge in [-0.2, -0.15) is 9.50 Å². The molecule has 148 valence electrons. The van der Waals surface area contributed by atoms with E-state index in [-0.39, 0.29) is 6.79 Å². The molecule has 1 aliphatic heterocycles. The second kappa shape index (κ2) is 6.69. The molecule has 9 nitrogen and oxygen atoms in total. The van der Waals surface area contributed by atoms with E-state index in [9.17, 15) is 0 Å². The van der Waals surface area contributed by atoms with E-state index >= 15 is 0 Å². The van der Waals surface area contributed by atoms with Gasteiger partial charge in [-0.25, -0.2) is 4.98 Å². The number of benzene rings is 2. The molecule has 2 aromatic carbocycles. The Morgan fingerprint density at radius 3 is 2.72 bits per heavy atom. The van der Waals surface area contributed by atoms with Crippen LogP contribution in [0.5, 0.6) is 23.0 Å². The van der Waals surface area contributed by atoms with Gasteiger partial charge in [0.2, 0.25) is 12.7 Å². The third-order valence-electron chi connectivity index (χ3n) is 4.86. The number of ether oxygens (including phenoxy) is 4. The SMILES string of the molecule is CNc1nc2c3c(OC)cc(OC)cc3nc(Cc3ccc4c(c3)OCO4)n2n1. The lowest BCUT2D eigenvalue weighted by atomic mass is 10.1. The average molecular weight is 393 g/mol. The summed E-state index contributed by atoms with van der Waals surface area (Å²) in [5.74, 6) is 4.00. The number of nitrogens with one attached hydrogen (secondary N) is 1. The molecule has 0 spiro atoms. The highest BCUT2D eigenvalue weighted by molar-refractivity contribution is 5.98. The van der Waals surface area contributed by atoms with Crippen molar-refractivity contribution in [3.8, 4) is 23.0 Å². The number of rotatable bonds is 5. The largest absolute Gasteiger partial charge is 0.497 e. The number of nitrogens with zero attached hydrogens (tertiary/aromatic N) is 4. The smallest absolute Gasteiger partial charge is 0.242 e. The highest BCUT2D eigenvalue weighted by atomic mass is 16.7. The van der Waals surface area contributed by atoms with Crippen LogP contribution in [0.25, 0.3) is 16.6 Å². The minimum absolute atomic E-state index is 0.242. The van der Waals surface area contributed by atoms with Gasteiger partial charge in [-0.3, -0.25) is 0 Å². The summed E-state index contributed by atoms with van der Waals surface area (Å²) in [6, 6.07) is 9.54. The minimum atomic E-state index is 0.242. The molecule has 4 aromatic rings. The molecule has 3 heterocycles. The molecule has 1 N–H and O–H groups in total. The van der Waals surface area contributed by atoms with Crippen molar-refractivity contribution >= 4 is 22.5 Å². The summed E-state index contributed by atoms with van der Waals surface area (Å²) >= 11 is 0. The topological polar surface area (TPSA) is 92.0 Å². The van der Waals surface area contributed by atoms with Gasteiger partial charge in [0.15, 0.2) is 17.1 Å². The van der Waals surface area contributed by atoms with Gasteiger partial charge in [0.1, 0.15) is 17.3 Å². The number of methoxy groups -OCH3 is 2. The van der Waals surface area contributed by atoms with Crippen LogP contribution in [0.2, 0.25) is 0 Å². The molecule has 1 aliphatic rings. The van der Waals surface area contributed by atoms with Gasteiger partial charge in [-0.1, -0.05) is 6.07 Å². The lowest BCUT2D eigenvalue weighted by Crippen LogP contribution is -2.06. The molecule has 0 unspecified atom stereocenters. The molecule has 0 fully saturated rings. The van der Waals surface area contributed by atoms with Crippen LogP contribution in [0, 0.1) is 0 Å². The Morgan fingerprint density at radius 1 is 1.07 bits per heavy atom. The van der Waals surface area contributed by atoms with Crippen molar-refractivity contribution in [2.45, 2.75) is 6.42 Å². The van der Waals surface area contributed by atoms with Gasteiger partial charge in [-0.05, 0) is 17.7 Å². The van der Waals surface area contributed by atoms with E-state index < -0.39 is 0 Å². The molecule has 9 heteroatoms. The predicted octanol–water partition coefficient (Wildman–Crippen LogP) is 2.66. The lowest BCUT2D eigenvalue weighted by molar-refractivity contribution is 0.174. The molecule has 0 saturated heterocycles. The van der Waals surface area contributed by atoms with Crippen LogP contribution in [0.15, 0.2) is 30.3 Å². The molecule has 0 bridgehead atoms. The summed E-state index contributed by atoms with van der Waals surface area (Å²) in [4.78, 5) is 9.48. The van der Waals surface area contributed by atoms with E-state index in [1.165, 1.54) is 0 Å². The summed E-state index contributed by atoms with van der Waals surface area (Å²) in [7, 11) is 5.01. The Balaban J connectivity index is 1.72. The maximum absolute atomic E-state index is 5.58. The van der Waals surface area contributed by atoms with E-state index in [0.717, 1.165) is 33.8 Å². The maximum Gasteiger partial charge on any atom is 0.242 e. The Kier molecular flexibility index (Phi) is 4.01. The fraction of sp³-hybridized carbons (Fsp3) is 0.250. The molecule has 29 heavy (non-hydrogen) atoms. The van der Waals surface area contributed by atoms with E-state index in [1.54, 1.807) is 25.8 Å². The van der Waals surface area contributed by atoms with Gasteiger partial charge >= 0.3 is 0 Å². The van der Waals surface area contributed by atoms with Crippen molar-refractivity contribution in [2.75, 3.05) is 33.4 Å². The van der Waals surface area contributed by atoms with Gasteiger partial charge in [0, 0.05) is 25.6 Å². The Morgan fingerprint density at radius 2 is 1.93 bits per heavy atom. The zero-order valence-electron chi connectivity index (χ0n) is 16.2. The molecular weight excluding hydrogens is 374 g/mol. The van der Waals surface area contributed by atoms with Gasteiger partial charge in [-0.15, -0.1) is 5.10 Å². The van der Waals surface area contributed by atoms with Crippen molar-refractivity contribution in [1.82, 2.24) is 19.6 Å². The number of anilines is 1. The fourth-order valence-electron chi connectivity index (χ4n) is 3.46. The first-order valence-corrected chi connectivity index (χ1v) is 9.08. The van der Waals surface area contributed by atoms with Crippen LogP contribution in [-0.2, 0) is 6.42 Å². The van der Waals surface area contributed by atoms with Gasteiger partial charge in [0.25, 0.3) is 0 Å². The molecular formula is C20H19N5O4. The molecule has 0 aliphatic carbocycles. The Bertz CT molecular complexity index is 1240. The van der Waals surface area contributed by atoms with E-state index in [1.807, 2.05) is 30.3 Å². The fourth-order valence-corrected chi connectivity index (χ4v) is 3.46. The third-order valence-corrected chi connectivity index (χ3v) is 4.86. The molecule has 0 radical (unpaired) electrons. The van der Waals surface area contributed by atoms with Gasteiger partial charge < -0.3 is 24.3 Å². The van der Waals surface area contributed by atoms with Crippen LogP contribution >= 0.6 is 0 Å². The number of fused-ring (bicyclic) bond motifs is 4. The standard InChI is InChI=1S/C20H19N5O4/c1-21-20-23-19-18-13(8-12(26-2)9-16(18)27-3)22-17(25(19)24-20)7-11-4-5-14-15(6-11)29-10-28-14/h4-6,8-9H,7,10H2,1-3H3,(H,21,24). The third kappa shape index (κ3) is 2.82. The summed E-state index contributed by atoms with van der Waals surface area (Å²) < 4.78 is 23.6. The lowest BCUT2D eigenvalue weighted by Gasteiger charge is -2.11. The van der Waals surface area contributed by atoms with Crippen LogP contribution in [0.1, 0.15) is 11.4 Å². The molecule has 5 rings (SSSR count). The quantitative estimate of drug-likeness (QED) is 0.553. The average Bonchev–Trinajstić information content (AvgIpc) is 3.39. The van der Waals surface area contributed by atoms with Crippen molar-refractivity contribution < 1.29 is 18.9 Å². The molecule has 0 amide bonds. The van der Waals surface area contributed by atoms with Crippen LogP contribution in [-0.4, -0.2) is 47.6 Å². The molecule has 0 atom stereocenters. The highest BCUT2D eigenvalue weighted by Gasteiger charge is 2.19. The molecule has 2 aromatic heterocycles. The summed E-state index contributed by atoms with van der Waals surface area (Å²) in [5.41, 5.74) is 2.41. The zero-order valence-corrected chi connectivity index (χ0v) is 16.2. The Hall–Kier alpha value is -3.75. The summed E-state index contributed by atoms with van der Waals surface area (Å²) in [6.45, 7) is 0.242. The highest BCUT2D eigenvalue weighted by Crippen LogP contribution is 2.35. The Labute approximate surface area is 166 Å². The van der Waals surface area contributed by atoms with Crippen LogP contribution in [0.4, 0.5) is 5.95 Å². The summed E-state index contributed by atoms with van der Waals surface area (Å²) in [5, 5.41) is 8.33. The first-order valence-electron chi connectivity index (χ1n) is 9.08. The maximum atomic E-state index is 5.58. The number of hydrogen-bond acceptors (Lipinski definition) is 8. The monoisotopic (exact) mass is 393 g/mol. The van der Waals surface area contributed by atoms with E-state index in [4.69, 9.17) is 23.9 Å². The van der Waals surface area contributed by atoms with Crippen LogP contribution in [0.3, 0.4) is 0 Å². The normalized spacial score (nSPS) is 12.5. The number of aromatic nitrogens is 4. The first-order chi connectivity index (χ1) is 14.2. The van der Waals surface area contributed by atoms with E-state index in [0.29, 0.717) is 29.5 Å². The second-order valence-electron chi connectivity index (χ2n) is 6.54. The van der Waals surface area contributed by atoms with Crippen molar-refractivity contribution in [1.29, 1.82) is 0 Å². The minimum Gasteiger partial charge on any atom is -0.497 e. The van der Waals surface area contributed by atoms with Crippen molar-refractivity contribution in [2.24, 2.45) is 0 Å². The number of hydrogen-bond donors (Lipinski definition) is 1. The summed E-state index contributed by atoms with van der Waals surface area (Å²) in [6.07, 6.45) is 0.537. The van der Waals surface area contributed by atoms with Crippen molar-refractivity contribution in [3.63, 3.8) is 0 Å². The van der Waals surface area contributed by atoms with Crippen molar-refractivity contribution in [3.05, 3.63) is 41.7 Å².